The minimum atomic E-state index is -0.855. The van der Waals surface area contributed by atoms with Gasteiger partial charge in [0.05, 0.1) is 11.3 Å². The standard InChI is InChI=1S/C14H21N3O3/c1-17(10-14(19)3-6-20-7-4-14)13(18)11-2-5-16-12(8-11)9-15/h2,5,8,19H,3-4,6-7,9-10,15H2,1H3. The van der Waals surface area contributed by atoms with Gasteiger partial charge in [0.25, 0.3) is 5.91 Å². The molecule has 0 unspecified atom stereocenters. The van der Waals surface area contributed by atoms with E-state index in [9.17, 15) is 9.90 Å². The summed E-state index contributed by atoms with van der Waals surface area (Å²) in [6, 6.07) is 3.35. The molecule has 6 nitrogen and oxygen atoms in total. The van der Waals surface area contributed by atoms with E-state index >= 15 is 0 Å². The third kappa shape index (κ3) is 3.53. The number of carbonyl (C=O) groups excluding carboxylic acids is 1. The lowest BCUT2D eigenvalue weighted by atomic mass is 9.94. The molecular weight excluding hydrogens is 258 g/mol. The molecule has 0 bridgehead atoms. The van der Waals surface area contributed by atoms with Crippen molar-refractivity contribution in [3.63, 3.8) is 0 Å². The van der Waals surface area contributed by atoms with Crippen molar-refractivity contribution in [1.82, 2.24) is 9.88 Å². The van der Waals surface area contributed by atoms with Crippen LogP contribution >= 0.6 is 0 Å². The van der Waals surface area contributed by atoms with Crippen LogP contribution in [-0.2, 0) is 11.3 Å². The molecule has 0 spiro atoms. The van der Waals surface area contributed by atoms with Gasteiger partial charge in [-0.3, -0.25) is 9.78 Å². The predicted octanol–water partition coefficient (Wildman–Crippen LogP) is 0.154. The zero-order valence-electron chi connectivity index (χ0n) is 11.7. The third-order valence-electron chi connectivity index (χ3n) is 3.57. The molecule has 1 aromatic heterocycles. The van der Waals surface area contributed by atoms with Gasteiger partial charge in [-0.2, -0.15) is 0 Å². The fraction of sp³-hybridized carbons (Fsp3) is 0.571. The van der Waals surface area contributed by atoms with Crippen LogP contribution in [-0.4, -0.2) is 53.3 Å². The average molecular weight is 279 g/mol. The third-order valence-corrected chi connectivity index (χ3v) is 3.57. The molecule has 1 amide bonds. The van der Waals surface area contributed by atoms with Gasteiger partial charge in [-0.1, -0.05) is 0 Å². The number of likely N-dealkylation sites (N-methyl/N-ethyl adjacent to an activating group) is 1. The Morgan fingerprint density at radius 3 is 2.90 bits per heavy atom. The van der Waals surface area contributed by atoms with Crippen LogP contribution in [0.5, 0.6) is 0 Å². The molecular formula is C14H21N3O3. The molecule has 0 saturated carbocycles. The summed E-state index contributed by atoms with van der Waals surface area (Å²) in [4.78, 5) is 18.0. The van der Waals surface area contributed by atoms with Crippen molar-refractivity contribution in [3.8, 4) is 0 Å². The lowest BCUT2D eigenvalue weighted by Crippen LogP contribution is -2.47. The quantitative estimate of drug-likeness (QED) is 0.819. The number of hydrogen-bond acceptors (Lipinski definition) is 5. The van der Waals surface area contributed by atoms with Crippen molar-refractivity contribution in [2.45, 2.75) is 25.0 Å². The number of aliphatic hydroxyl groups is 1. The summed E-state index contributed by atoms with van der Waals surface area (Å²) in [6.45, 7) is 1.66. The number of rotatable bonds is 4. The number of amides is 1. The van der Waals surface area contributed by atoms with Gasteiger partial charge in [-0.05, 0) is 12.1 Å². The van der Waals surface area contributed by atoms with E-state index < -0.39 is 5.60 Å². The van der Waals surface area contributed by atoms with Gasteiger partial charge in [0.2, 0.25) is 0 Å². The number of pyridine rings is 1. The van der Waals surface area contributed by atoms with Gasteiger partial charge in [0.1, 0.15) is 0 Å². The Morgan fingerprint density at radius 2 is 2.25 bits per heavy atom. The molecule has 0 aromatic carbocycles. The second kappa shape index (κ2) is 6.30. The van der Waals surface area contributed by atoms with Gasteiger partial charge >= 0.3 is 0 Å². The highest BCUT2D eigenvalue weighted by molar-refractivity contribution is 5.94. The fourth-order valence-corrected chi connectivity index (χ4v) is 2.37. The highest BCUT2D eigenvalue weighted by atomic mass is 16.5. The molecule has 1 aliphatic heterocycles. The molecule has 20 heavy (non-hydrogen) atoms. The number of nitrogens with two attached hydrogens (primary N) is 1. The molecule has 2 heterocycles. The Morgan fingerprint density at radius 1 is 1.55 bits per heavy atom. The highest BCUT2D eigenvalue weighted by Crippen LogP contribution is 2.22. The van der Waals surface area contributed by atoms with Crippen LogP contribution < -0.4 is 5.73 Å². The van der Waals surface area contributed by atoms with Crippen LogP contribution in [0.15, 0.2) is 18.3 Å². The first kappa shape index (κ1) is 14.9. The van der Waals surface area contributed by atoms with Gasteiger partial charge in [-0.25, -0.2) is 0 Å². The van der Waals surface area contributed by atoms with Gasteiger partial charge < -0.3 is 20.5 Å². The molecule has 3 N–H and O–H groups in total. The Labute approximate surface area is 118 Å². The molecule has 0 radical (unpaired) electrons. The smallest absolute Gasteiger partial charge is 0.253 e. The molecule has 2 rings (SSSR count). The first-order chi connectivity index (χ1) is 9.54. The summed E-state index contributed by atoms with van der Waals surface area (Å²) in [5, 5.41) is 10.4. The maximum atomic E-state index is 12.3. The second-order valence-corrected chi connectivity index (χ2v) is 5.24. The van der Waals surface area contributed by atoms with E-state index in [0.717, 1.165) is 0 Å². The normalized spacial score (nSPS) is 17.8. The minimum Gasteiger partial charge on any atom is -0.388 e. The van der Waals surface area contributed by atoms with E-state index in [4.69, 9.17) is 10.5 Å². The lowest BCUT2D eigenvalue weighted by molar-refractivity contribution is -0.0734. The summed E-state index contributed by atoms with van der Waals surface area (Å²) in [7, 11) is 1.69. The number of ether oxygens (including phenoxy) is 1. The first-order valence-electron chi connectivity index (χ1n) is 6.75. The number of hydrogen-bond donors (Lipinski definition) is 2. The van der Waals surface area contributed by atoms with E-state index in [0.29, 0.717) is 50.4 Å². The lowest BCUT2D eigenvalue weighted by Gasteiger charge is -2.35. The Balaban J connectivity index is 2.04. The van der Waals surface area contributed by atoms with Crippen LogP contribution in [0.2, 0.25) is 0 Å². The maximum Gasteiger partial charge on any atom is 0.253 e. The molecule has 1 aromatic rings. The molecule has 0 atom stereocenters. The zero-order valence-corrected chi connectivity index (χ0v) is 11.7. The molecule has 110 valence electrons. The van der Waals surface area contributed by atoms with Crippen molar-refractivity contribution >= 4 is 5.91 Å². The molecule has 6 heteroatoms. The van der Waals surface area contributed by atoms with Crippen LogP contribution in [0.1, 0.15) is 28.9 Å². The van der Waals surface area contributed by atoms with Crippen LogP contribution in [0.25, 0.3) is 0 Å². The Bertz CT molecular complexity index is 472. The van der Waals surface area contributed by atoms with E-state index in [-0.39, 0.29) is 5.91 Å². The van der Waals surface area contributed by atoms with Crippen LogP contribution in [0.3, 0.4) is 0 Å². The topological polar surface area (TPSA) is 88.7 Å². The molecule has 0 aliphatic carbocycles. The number of nitrogens with zero attached hydrogens (tertiary/aromatic N) is 2. The highest BCUT2D eigenvalue weighted by Gasteiger charge is 2.32. The SMILES string of the molecule is CN(CC1(O)CCOCC1)C(=O)c1ccnc(CN)c1. The average Bonchev–Trinajstić information content (AvgIpc) is 2.46. The Kier molecular flexibility index (Phi) is 4.69. The Hall–Kier alpha value is -1.50. The van der Waals surface area contributed by atoms with Gasteiger partial charge in [0.15, 0.2) is 0 Å². The van der Waals surface area contributed by atoms with Crippen molar-refractivity contribution < 1.29 is 14.6 Å². The molecule has 1 fully saturated rings. The van der Waals surface area contributed by atoms with Gasteiger partial charge in [0, 0.05) is 58.0 Å². The van der Waals surface area contributed by atoms with Crippen molar-refractivity contribution in [2.75, 3.05) is 26.8 Å². The zero-order chi connectivity index (χ0) is 14.6. The first-order valence-corrected chi connectivity index (χ1v) is 6.75. The van der Waals surface area contributed by atoms with Crippen LogP contribution in [0, 0.1) is 0 Å². The summed E-state index contributed by atoms with van der Waals surface area (Å²) < 4.78 is 5.24. The van der Waals surface area contributed by atoms with Crippen molar-refractivity contribution in [2.24, 2.45) is 5.73 Å². The van der Waals surface area contributed by atoms with E-state index in [2.05, 4.69) is 4.98 Å². The molecule has 1 aliphatic rings. The largest absolute Gasteiger partial charge is 0.388 e. The summed E-state index contributed by atoms with van der Waals surface area (Å²) in [5.74, 6) is -0.137. The fourth-order valence-electron chi connectivity index (χ4n) is 2.37. The monoisotopic (exact) mass is 279 g/mol. The van der Waals surface area contributed by atoms with E-state index in [1.54, 1.807) is 30.3 Å². The van der Waals surface area contributed by atoms with E-state index in [1.807, 2.05) is 0 Å². The maximum absolute atomic E-state index is 12.3. The summed E-state index contributed by atoms with van der Waals surface area (Å²) in [6.07, 6.45) is 2.68. The minimum absolute atomic E-state index is 0.137. The van der Waals surface area contributed by atoms with Crippen LogP contribution in [0.4, 0.5) is 0 Å². The van der Waals surface area contributed by atoms with Gasteiger partial charge in [-0.15, -0.1) is 0 Å². The summed E-state index contributed by atoms with van der Waals surface area (Å²) >= 11 is 0. The van der Waals surface area contributed by atoms with E-state index in [1.165, 1.54) is 0 Å². The predicted molar refractivity (Wildman–Crippen MR) is 74.1 cm³/mol. The number of carbonyl (C=O) groups is 1. The summed E-state index contributed by atoms with van der Waals surface area (Å²) in [5.41, 5.74) is 5.88. The van der Waals surface area contributed by atoms with Crippen molar-refractivity contribution in [1.29, 1.82) is 0 Å². The second-order valence-electron chi connectivity index (χ2n) is 5.24. The van der Waals surface area contributed by atoms with Crippen molar-refractivity contribution in [3.05, 3.63) is 29.6 Å². The molecule has 1 saturated heterocycles. The number of aromatic nitrogens is 1.